The van der Waals surface area contributed by atoms with Gasteiger partial charge in [0, 0.05) is 6.54 Å². The molecule has 1 fully saturated rings. The molecule has 0 spiro atoms. The van der Waals surface area contributed by atoms with Crippen LogP contribution >= 0.6 is 0 Å². The van der Waals surface area contributed by atoms with Gasteiger partial charge < -0.3 is 10.0 Å². The third-order valence-corrected chi connectivity index (χ3v) is 2.94. The van der Waals surface area contributed by atoms with E-state index in [1.54, 1.807) is 0 Å². The van der Waals surface area contributed by atoms with E-state index in [0.29, 0.717) is 17.7 Å². The average molecular weight is 265 g/mol. The van der Waals surface area contributed by atoms with Crippen molar-refractivity contribution in [2.75, 3.05) is 13.1 Å². The Labute approximate surface area is 102 Å². The molecule has 0 unspecified atom stereocenters. The van der Waals surface area contributed by atoms with Gasteiger partial charge in [-0.3, -0.25) is 9.59 Å². The molecule has 0 saturated heterocycles. The Bertz CT molecular complexity index is 354. The second-order valence-electron chi connectivity index (χ2n) is 4.25. The van der Waals surface area contributed by atoms with Crippen molar-refractivity contribution in [1.29, 1.82) is 0 Å². The lowest BCUT2D eigenvalue weighted by molar-refractivity contribution is -0.169. The fourth-order valence-electron chi connectivity index (χ4n) is 1.93. The van der Waals surface area contributed by atoms with Crippen LogP contribution in [-0.2, 0) is 9.59 Å². The van der Waals surface area contributed by atoms with Gasteiger partial charge in [-0.15, -0.1) is 6.58 Å². The fraction of sp³-hybridized carbons (Fsp3) is 0.636. The predicted octanol–water partition coefficient (Wildman–Crippen LogP) is 1.67. The zero-order valence-corrected chi connectivity index (χ0v) is 9.61. The number of carbonyl (C=O) groups is 2. The molecule has 1 aliphatic carbocycles. The van der Waals surface area contributed by atoms with E-state index >= 15 is 0 Å². The number of hydrogen-bond donors (Lipinski definition) is 1. The molecule has 0 aromatic carbocycles. The van der Waals surface area contributed by atoms with Crippen LogP contribution in [0.5, 0.6) is 0 Å². The molecule has 18 heavy (non-hydrogen) atoms. The first kappa shape index (κ1) is 14.5. The van der Waals surface area contributed by atoms with Gasteiger partial charge in [-0.1, -0.05) is 6.08 Å². The zero-order valence-electron chi connectivity index (χ0n) is 9.61. The van der Waals surface area contributed by atoms with Crippen molar-refractivity contribution in [1.82, 2.24) is 4.90 Å². The number of alkyl halides is 3. The zero-order chi connectivity index (χ0) is 13.9. The summed E-state index contributed by atoms with van der Waals surface area (Å²) >= 11 is 0. The summed E-state index contributed by atoms with van der Waals surface area (Å²) < 4.78 is 36.9. The summed E-state index contributed by atoms with van der Waals surface area (Å²) in [7, 11) is 0. The van der Waals surface area contributed by atoms with Gasteiger partial charge in [0.2, 0.25) is 5.91 Å². The number of carboxylic acids is 1. The number of nitrogens with zero attached hydrogens (tertiary/aromatic N) is 1. The molecule has 0 heterocycles. The van der Waals surface area contributed by atoms with E-state index in [1.807, 2.05) is 0 Å². The molecule has 0 bridgehead atoms. The van der Waals surface area contributed by atoms with Gasteiger partial charge >= 0.3 is 12.1 Å². The Hall–Kier alpha value is -1.53. The normalized spacial score (nSPS) is 23.1. The summed E-state index contributed by atoms with van der Waals surface area (Å²) in [6.45, 7) is 1.68. The molecule has 0 aromatic rings. The average Bonchev–Trinajstić information content (AvgIpc) is 2.11. The summed E-state index contributed by atoms with van der Waals surface area (Å²) in [4.78, 5) is 23.2. The molecule has 1 aliphatic rings. The minimum atomic E-state index is -4.50. The van der Waals surface area contributed by atoms with E-state index in [2.05, 4.69) is 6.58 Å². The predicted molar refractivity (Wildman–Crippen MR) is 56.7 cm³/mol. The van der Waals surface area contributed by atoms with E-state index in [-0.39, 0.29) is 6.54 Å². The maximum Gasteiger partial charge on any atom is 0.406 e. The Morgan fingerprint density at radius 3 is 2.22 bits per heavy atom. The number of hydrogen-bond acceptors (Lipinski definition) is 2. The third-order valence-electron chi connectivity index (χ3n) is 2.94. The molecule has 7 heteroatoms. The number of carboxylic acid groups (broad SMARTS) is 1. The fourth-order valence-corrected chi connectivity index (χ4v) is 1.93. The van der Waals surface area contributed by atoms with Crippen LogP contribution in [0.15, 0.2) is 12.7 Å². The highest BCUT2D eigenvalue weighted by molar-refractivity contribution is 5.86. The first-order chi connectivity index (χ1) is 8.26. The highest BCUT2D eigenvalue weighted by Crippen LogP contribution is 2.36. The molecule has 102 valence electrons. The molecular formula is C11H14F3NO3. The molecule has 4 nitrogen and oxygen atoms in total. The highest BCUT2D eigenvalue weighted by Gasteiger charge is 2.44. The van der Waals surface area contributed by atoms with Crippen LogP contribution in [0.2, 0.25) is 0 Å². The first-order valence-electron chi connectivity index (χ1n) is 5.45. The van der Waals surface area contributed by atoms with Crippen molar-refractivity contribution in [2.45, 2.75) is 19.0 Å². The van der Waals surface area contributed by atoms with Gasteiger partial charge in [0.05, 0.1) is 11.8 Å². The van der Waals surface area contributed by atoms with Gasteiger partial charge in [0.1, 0.15) is 6.54 Å². The van der Waals surface area contributed by atoms with Gasteiger partial charge in [-0.25, -0.2) is 0 Å². The molecule has 0 aromatic heterocycles. The van der Waals surface area contributed by atoms with E-state index < -0.39 is 36.4 Å². The van der Waals surface area contributed by atoms with Crippen LogP contribution in [-0.4, -0.2) is 41.1 Å². The minimum Gasteiger partial charge on any atom is -0.481 e. The second-order valence-corrected chi connectivity index (χ2v) is 4.25. The Kier molecular flexibility index (Phi) is 4.37. The van der Waals surface area contributed by atoms with E-state index in [4.69, 9.17) is 5.11 Å². The van der Waals surface area contributed by atoms with Crippen molar-refractivity contribution in [3.63, 3.8) is 0 Å². The summed E-state index contributed by atoms with van der Waals surface area (Å²) in [5, 5.41) is 8.78. The molecule has 1 N–H and O–H groups in total. The van der Waals surface area contributed by atoms with Crippen LogP contribution in [0, 0.1) is 11.8 Å². The smallest absolute Gasteiger partial charge is 0.406 e. The maximum absolute atomic E-state index is 12.3. The van der Waals surface area contributed by atoms with Crippen molar-refractivity contribution < 1.29 is 27.9 Å². The van der Waals surface area contributed by atoms with E-state index in [9.17, 15) is 22.8 Å². The van der Waals surface area contributed by atoms with Crippen LogP contribution in [0.4, 0.5) is 13.2 Å². The number of carbonyl (C=O) groups excluding carboxylic acids is 1. The van der Waals surface area contributed by atoms with Crippen molar-refractivity contribution in [3.05, 3.63) is 12.7 Å². The molecule has 0 radical (unpaired) electrons. The lowest BCUT2D eigenvalue weighted by Crippen LogP contribution is -2.48. The summed E-state index contributed by atoms with van der Waals surface area (Å²) in [6.07, 6.45) is -2.65. The first-order valence-corrected chi connectivity index (χ1v) is 5.45. The molecular weight excluding hydrogens is 251 g/mol. The second kappa shape index (κ2) is 5.41. The SMILES string of the molecule is C=CCN(CC(F)(F)F)C(=O)[C@H]1CC[C@H]1C(=O)O. The summed E-state index contributed by atoms with van der Waals surface area (Å²) in [6, 6.07) is 0. The molecule has 0 aliphatic heterocycles. The van der Waals surface area contributed by atoms with Gasteiger partial charge in [0.25, 0.3) is 0 Å². The Morgan fingerprint density at radius 1 is 1.33 bits per heavy atom. The number of amides is 1. The minimum absolute atomic E-state index is 0.235. The van der Waals surface area contributed by atoms with Crippen molar-refractivity contribution in [3.8, 4) is 0 Å². The third kappa shape index (κ3) is 3.48. The topological polar surface area (TPSA) is 57.6 Å². The standard InChI is InChI=1S/C11H14F3NO3/c1-2-5-15(6-11(12,13)14)9(16)7-3-4-8(7)10(17)18/h2,7-8H,1,3-6H2,(H,17,18)/t7-,8+/m0/s1. The monoisotopic (exact) mass is 265 g/mol. The number of halogens is 3. The van der Waals surface area contributed by atoms with Gasteiger partial charge in [-0.2, -0.15) is 13.2 Å². The number of rotatable bonds is 5. The summed E-state index contributed by atoms with van der Waals surface area (Å²) in [5.41, 5.74) is 0. The van der Waals surface area contributed by atoms with E-state index in [0.717, 1.165) is 0 Å². The van der Waals surface area contributed by atoms with Gasteiger partial charge in [-0.05, 0) is 12.8 Å². The van der Waals surface area contributed by atoms with Gasteiger partial charge in [0.15, 0.2) is 0 Å². The van der Waals surface area contributed by atoms with Crippen molar-refractivity contribution in [2.24, 2.45) is 11.8 Å². The van der Waals surface area contributed by atoms with Crippen LogP contribution in [0.3, 0.4) is 0 Å². The quantitative estimate of drug-likeness (QED) is 0.769. The molecule has 1 amide bonds. The lowest BCUT2D eigenvalue weighted by Gasteiger charge is -2.36. The van der Waals surface area contributed by atoms with Crippen LogP contribution < -0.4 is 0 Å². The lowest BCUT2D eigenvalue weighted by atomic mass is 9.73. The van der Waals surface area contributed by atoms with E-state index in [1.165, 1.54) is 6.08 Å². The largest absolute Gasteiger partial charge is 0.481 e. The Balaban J connectivity index is 2.71. The molecule has 1 rings (SSSR count). The molecule has 2 atom stereocenters. The molecule has 1 saturated carbocycles. The van der Waals surface area contributed by atoms with Crippen LogP contribution in [0.25, 0.3) is 0 Å². The number of aliphatic carboxylic acids is 1. The highest BCUT2D eigenvalue weighted by atomic mass is 19.4. The Morgan fingerprint density at radius 2 is 1.89 bits per heavy atom. The maximum atomic E-state index is 12.3. The summed E-state index contributed by atoms with van der Waals surface area (Å²) in [5.74, 6) is -3.60. The van der Waals surface area contributed by atoms with Crippen LogP contribution in [0.1, 0.15) is 12.8 Å². The van der Waals surface area contributed by atoms with Crippen molar-refractivity contribution >= 4 is 11.9 Å².